The van der Waals surface area contributed by atoms with E-state index < -0.39 is 0 Å². The molecule has 19 heavy (non-hydrogen) atoms. The van der Waals surface area contributed by atoms with Crippen molar-refractivity contribution >= 4 is 5.82 Å². The molecule has 0 saturated heterocycles. The molecule has 1 unspecified atom stereocenters. The van der Waals surface area contributed by atoms with Gasteiger partial charge in [0.25, 0.3) is 0 Å². The van der Waals surface area contributed by atoms with Crippen molar-refractivity contribution in [3.05, 3.63) is 18.3 Å². The zero-order valence-corrected chi connectivity index (χ0v) is 13.7. The first-order valence-corrected chi connectivity index (χ1v) is 7.28. The number of nitrogens with one attached hydrogen (secondary N) is 1. The minimum Gasteiger partial charge on any atom is -0.353 e. The van der Waals surface area contributed by atoms with E-state index in [2.05, 4.69) is 75.6 Å². The van der Waals surface area contributed by atoms with Crippen LogP contribution in [0.25, 0.3) is 0 Å². The summed E-state index contributed by atoms with van der Waals surface area (Å²) in [6.07, 6.45) is 2.01. The van der Waals surface area contributed by atoms with Crippen LogP contribution >= 0.6 is 0 Å². The third kappa shape index (κ3) is 4.57. The minimum absolute atomic E-state index is 0.256. The topological polar surface area (TPSA) is 22.3 Å². The van der Waals surface area contributed by atoms with E-state index in [0.717, 1.165) is 13.1 Å². The first-order chi connectivity index (χ1) is 8.73. The molecule has 1 aromatic heterocycles. The van der Waals surface area contributed by atoms with Crippen LogP contribution in [0.15, 0.2) is 18.3 Å². The third-order valence-electron chi connectivity index (χ3n) is 3.53. The lowest BCUT2D eigenvalue weighted by atomic mass is 9.79. The van der Waals surface area contributed by atoms with Crippen molar-refractivity contribution in [1.29, 1.82) is 0 Å². The normalized spacial score (nSPS) is 14.2. The Hall–Kier alpha value is -0.960. The molecule has 0 radical (unpaired) electrons. The molecule has 0 aliphatic rings. The molecule has 3 heteroatoms. The molecule has 1 rings (SSSR count). The molecule has 3 nitrogen and oxygen atoms in total. The molecular formula is C16H31N3. The molecule has 110 valence electrons. The molecular weight excluding hydrogens is 234 g/mol. The van der Waals surface area contributed by atoms with Crippen molar-refractivity contribution in [3.8, 4) is 0 Å². The number of H-pyrrole nitrogens is 1. The predicted molar refractivity (Wildman–Crippen MR) is 84.8 cm³/mol. The maximum absolute atomic E-state index is 3.38. The first-order valence-electron chi connectivity index (χ1n) is 7.28. The van der Waals surface area contributed by atoms with Gasteiger partial charge in [-0.2, -0.15) is 0 Å². The van der Waals surface area contributed by atoms with Crippen LogP contribution in [0.5, 0.6) is 0 Å². The van der Waals surface area contributed by atoms with Gasteiger partial charge in [0, 0.05) is 25.3 Å². The number of anilines is 1. The summed E-state index contributed by atoms with van der Waals surface area (Å²) in [5.41, 5.74) is 0.256. The van der Waals surface area contributed by atoms with Gasteiger partial charge < -0.3 is 14.8 Å². The van der Waals surface area contributed by atoms with Gasteiger partial charge in [0.15, 0.2) is 0 Å². The van der Waals surface area contributed by atoms with E-state index in [1.165, 1.54) is 5.82 Å². The van der Waals surface area contributed by atoms with Gasteiger partial charge in [-0.1, -0.05) is 34.6 Å². The number of aromatic amines is 1. The molecule has 0 spiro atoms. The maximum atomic E-state index is 3.38. The molecule has 1 atom stereocenters. The summed E-state index contributed by atoms with van der Waals surface area (Å²) in [5, 5.41) is 0. The van der Waals surface area contributed by atoms with E-state index in [-0.39, 0.29) is 5.41 Å². The molecule has 1 aromatic rings. The average molecular weight is 265 g/mol. The van der Waals surface area contributed by atoms with Crippen molar-refractivity contribution in [2.75, 3.05) is 32.1 Å². The lowest BCUT2D eigenvalue weighted by molar-refractivity contribution is 0.238. The highest BCUT2D eigenvalue weighted by Crippen LogP contribution is 2.32. The molecule has 1 heterocycles. The fourth-order valence-corrected chi connectivity index (χ4v) is 3.04. The Balaban J connectivity index is 2.99. The highest BCUT2D eigenvalue weighted by Gasteiger charge is 2.33. The van der Waals surface area contributed by atoms with Crippen LogP contribution in [0.3, 0.4) is 0 Å². The number of aromatic nitrogens is 1. The summed E-state index contributed by atoms with van der Waals surface area (Å²) in [6.45, 7) is 13.8. The minimum atomic E-state index is 0.256. The number of likely N-dealkylation sites (N-methyl/N-ethyl adjacent to an activating group) is 1. The standard InChI is InChI=1S/C16H31N3/c1-13(2)15(16(3,4)5)19(12-11-18(6)7)14-9-8-10-17-14/h8-10,13,15,17H,11-12H2,1-7H3. The van der Waals surface area contributed by atoms with Crippen molar-refractivity contribution in [1.82, 2.24) is 9.88 Å². The van der Waals surface area contributed by atoms with Crippen LogP contribution in [-0.2, 0) is 0 Å². The van der Waals surface area contributed by atoms with Crippen molar-refractivity contribution in [2.45, 2.75) is 40.7 Å². The summed E-state index contributed by atoms with van der Waals surface area (Å²) in [5.74, 6) is 1.85. The number of rotatable bonds is 6. The van der Waals surface area contributed by atoms with Crippen LogP contribution in [0.1, 0.15) is 34.6 Å². The smallest absolute Gasteiger partial charge is 0.106 e. The van der Waals surface area contributed by atoms with Gasteiger partial charge >= 0.3 is 0 Å². The molecule has 0 aliphatic carbocycles. The molecule has 1 N–H and O–H groups in total. The summed E-state index contributed by atoms with van der Waals surface area (Å²) < 4.78 is 0. The second-order valence-electron chi connectivity index (χ2n) is 7.11. The van der Waals surface area contributed by atoms with Gasteiger partial charge in [-0.05, 0) is 37.6 Å². The zero-order chi connectivity index (χ0) is 14.6. The Labute approximate surface area is 119 Å². The predicted octanol–water partition coefficient (Wildman–Crippen LogP) is 3.45. The lowest BCUT2D eigenvalue weighted by Crippen LogP contribution is -2.50. The average Bonchev–Trinajstić information content (AvgIpc) is 2.73. The molecule has 0 aromatic carbocycles. The van der Waals surface area contributed by atoms with E-state index in [1.807, 2.05) is 6.20 Å². The first kappa shape index (κ1) is 16.1. The zero-order valence-electron chi connectivity index (χ0n) is 13.7. The Morgan fingerprint density at radius 2 is 1.79 bits per heavy atom. The molecule has 0 saturated carbocycles. The van der Waals surface area contributed by atoms with Gasteiger partial charge in [-0.3, -0.25) is 0 Å². The Bertz CT molecular complexity index is 347. The monoisotopic (exact) mass is 265 g/mol. The van der Waals surface area contributed by atoms with Crippen LogP contribution in [0, 0.1) is 11.3 Å². The molecule has 0 amide bonds. The van der Waals surface area contributed by atoms with Gasteiger partial charge in [0.05, 0.1) is 0 Å². The van der Waals surface area contributed by atoms with Crippen molar-refractivity contribution in [2.24, 2.45) is 11.3 Å². The fraction of sp³-hybridized carbons (Fsp3) is 0.750. The Kier molecular flexibility index (Phi) is 5.48. The van der Waals surface area contributed by atoms with Crippen molar-refractivity contribution < 1.29 is 0 Å². The van der Waals surface area contributed by atoms with Crippen LogP contribution in [0.2, 0.25) is 0 Å². The van der Waals surface area contributed by atoms with E-state index in [0.29, 0.717) is 12.0 Å². The second-order valence-corrected chi connectivity index (χ2v) is 7.11. The van der Waals surface area contributed by atoms with E-state index in [1.54, 1.807) is 0 Å². The van der Waals surface area contributed by atoms with Crippen LogP contribution in [0.4, 0.5) is 5.82 Å². The Morgan fingerprint density at radius 1 is 1.16 bits per heavy atom. The van der Waals surface area contributed by atoms with Gasteiger partial charge in [-0.15, -0.1) is 0 Å². The highest BCUT2D eigenvalue weighted by atomic mass is 15.2. The number of nitrogens with zero attached hydrogens (tertiary/aromatic N) is 2. The maximum Gasteiger partial charge on any atom is 0.106 e. The van der Waals surface area contributed by atoms with Gasteiger partial charge in [0.1, 0.15) is 5.82 Å². The second kappa shape index (κ2) is 6.47. The number of hydrogen-bond donors (Lipinski definition) is 1. The summed E-state index contributed by atoms with van der Waals surface area (Å²) in [7, 11) is 4.27. The molecule has 0 aliphatic heterocycles. The SMILES string of the molecule is CC(C)C(N(CCN(C)C)c1ccc[nH]1)C(C)(C)C. The van der Waals surface area contributed by atoms with Gasteiger partial charge in [-0.25, -0.2) is 0 Å². The summed E-state index contributed by atoms with van der Waals surface area (Å²) >= 11 is 0. The van der Waals surface area contributed by atoms with Crippen molar-refractivity contribution in [3.63, 3.8) is 0 Å². The van der Waals surface area contributed by atoms with Crippen LogP contribution < -0.4 is 4.90 Å². The Morgan fingerprint density at radius 3 is 2.16 bits per heavy atom. The lowest BCUT2D eigenvalue weighted by Gasteiger charge is -2.44. The summed E-state index contributed by atoms with van der Waals surface area (Å²) in [4.78, 5) is 8.15. The summed E-state index contributed by atoms with van der Waals surface area (Å²) in [6, 6.07) is 4.78. The van der Waals surface area contributed by atoms with E-state index in [9.17, 15) is 0 Å². The third-order valence-corrected chi connectivity index (χ3v) is 3.53. The van der Waals surface area contributed by atoms with E-state index >= 15 is 0 Å². The fourth-order valence-electron chi connectivity index (χ4n) is 3.04. The highest BCUT2D eigenvalue weighted by molar-refractivity contribution is 5.41. The number of hydrogen-bond acceptors (Lipinski definition) is 2. The van der Waals surface area contributed by atoms with E-state index in [4.69, 9.17) is 0 Å². The largest absolute Gasteiger partial charge is 0.353 e. The quantitative estimate of drug-likeness (QED) is 0.851. The van der Waals surface area contributed by atoms with Crippen LogP contribution in [-0.4, -0.2) is 43.1 Å². The molecule has 0 fully saturated rings. The molecule has 0 bridgehead atoms. The van der Waals surface area contributed by atoms with Gasteiger partial charge in [0.2, 0.25) is 0 Å².